The average Bonchev–Trinajstić information content (AvgIpc) is 2.54. The number of primary amides is 1. The highest BCUT2D eigenvalue weighted by Crippen LogP contribution is 2.17. The van der Waals surface area contributed by atoms with Crippen molar-refractivity contribution < 1.29 is 14.4 Å². The fraction of sp³-hybridized carbons (Fsp3) is 0.812. The van der Waals surface area contributed by atoms with Gasteiger partial charge in [-0.3, -0.25) is 19.8 Å². The van der Waals surface area contributed by atoms with Gasteiger partial charge in [-0.05, 0) is 26.2 Å². The molecule has 2 aliphatic rings. The molecule has 4 amide bonds. The van der Waals surface area contributed by atoms with Crippen molar-refractivity contribution in [3.05, 3.63) is 0 Å². The summed E-state index contributed by atoms with van der Waals surface area (Å²) in [5.41, 5.74) is 4.91. The van der Waals surface area contributed by atoms with E-state index in [0.717, 1.165) is 45.6 Å². The van der Waals surface area contributed by atoms with Crippen molar-refractivity contribution in [2.45, 2.75) is 38.6 Å². The number of carbonyl (C=O) groups is 3. The SMILES string of the molecule is CC1CCCCN1C(=O)CN1CCN(CCC(=O)NC(N)=O)CC1. The van der Waals surface area contributed by atoms with Gasteiger partial charge in [-0.2, -0.15) is 0 Å². The predicted molar refractivity (Wildman–Crippen MR) is 90.2 cm³/mol. The zero-order chi connectivity index (χ0) is 17.5. The monoisotopic (exact) mass is 339 g/mol. The van der Waals surface area contributed by atoms with Gasteiger partial charge in [0.15, 0.2) is 0 Å². The number of hydrogen-bond acceptors (Lipinski definition) is 5. The van der Waals surface area contributed by atoms with Gasteiger partial charge in [0.25, 0.3) is 0 Å². The van der Waals surface area contributed by atoms with E-state index in [4.69, 9.17) is 5.73 Å². The van der Waals surface area contributed by atoms with Crippen LogP contribution in [0.2, 0.25) is 0 Å². The number of piperazine rings is 1. The summed E-state index contributed by atoms with van der Waals surface area (Å²) in [6.45, 7) is 7.40. The molecule has 136 valence electrons. The largest absolute Gasteiger partial charge is 0.351 e. The van der Waals surface area contributed by atoms with Gasteiger partial charge in [0.1, 0.15) is 0 Å². The first-order chi connectivity index (χ1) is 11.5. The van der Waals surface area contributed by atoms with Crippen molar-refractivity contribution in [2.75, 3.05) is 45.8 Å². The molecule has 0 radical (unpaired) electrons. The van der Waals surface area contributed by atoms with Gasteiger partial charge in [0.05, 0.1) is 6.54 Å². The first-order valence-corrected chi connectivity index (χ1v) is 8.79. The summed E-state index contributed by atoms with van der Waals surface area (Å²) in [5.74, 6) is -0.115. The lowest BCUT2D eigenvalue weighted by atomic mass is 10.0. The van der Waals surface area contributed by atoms with E-state index in [-0.39, 0.29) is 18.2 Å². The molecule has 8 nitrogen and oxygen atoms in total. The molecular formula is C16H29N5O3. The van der Waals surface area contributed by atoms with Crippen LogP contribution in [0.1, 0.15) is 32.6 Å². The van der Waals surface area contributed by atoms with E-state index in [1.807, 2.05) is 4.90 Å². The number of urea groups is 1. The van der Waals surface area contributed by atoms with Crippen LogP contribution in [0, 0.1) is 0 Å². The maximum absolute atomic E-state index is 12.4. The highest BCUT2D eigenvalue weighted by molar-refractivity contribution is 5.93. The minimum atomic E-state index is -0.810. The Kier molecular flexibility index (Phi) is 6.99. The normalized spacial score (nSPS) is 23.0. The Bertz CT molecular complexity index is 463. The summed E-state index contributed by atoms with van der Waals surface area (Å²) in [6, 6.07) is -0.452. The highest BCUT2D eigenvalue weighted by Gasteiger charge is 2.26. The zero-order valence-corrected chi connectivity index (χ0v) is 14.5. The molecule has 2 saturated heterocycles. The van der Waals surface area contributed by atoms with Crippen LogP contribution in [0.4, 0.5) is 4.79 Å². The predicted octanol–water partition coefficient (Wildman–Crippen LogP) is -0.410. The number of hydrogen-bond donors (Lipinski definition) is 2. The number of likely N-dealkylation sites (tertiary alicyclic amines) is 1. The number of nitrogens with two attached hydrogens (primary N) is 1. The average molecular weight is 339 g/mol. The summed E-state index contributed by atoms with van der Waals surface area (Å²) < 4.78 is 0. The fourth-order valence-electron chi connectivity index (χ4n) is 3.38. The Balaban J connectivity index is 1.66. The second-order valence-corrected chi connectivity index (χ2v) is 6.71. The molecule has 0 aromatic rings. The molecule has 1 atom stereocenters. The molecule has 2 fully saturated rings. The molecule has 0 aromatic heterocycles. The van der Waals surface area contributed by atoms with Gasteiger partial charge in [0, 0.05) is 51.7 Å². The van der Waals surface area contributed by atoms with Crippen molar-refractivity contribution in [1.29, 1.82) is 0 Å². The third-order valence-electron chi connectivity index (χ3n) is 4.86. The van der Waals surface area contributed by atoms with Crippen LogP contribution >= 0.6 is 0 Å². The van der Waals surface area contributed by atoms with Crippen LogP contribution in [0.5, 0.6) is 0 Å². The number of amides is 4. The molecule has 0 bridgehead atoms. The van der Waals surface area contributed by atoms with Crippen molar-refractivity contribution in [3.8, 4) is 0 Å². The van der Waals surface area contributed by atoms with Gasteiger partial charge in [-0.15, -0.1) is 0 Å². The Morgan fingerprint density at radius 1 is 1.04 bits per heavy atom. The van der Waals surface area contributed by atoms with Gasteiger partial charge < -0.3 is 15.5 Å². The number of rotatable bonds is 5. The van der Waals surface area contributed by atoms with Crippen molar-refractivity contribution in [2.24, 2.45) is 5.73 Å². The number of nitrogens with zero attached hydrogens (tertiary/aromatic N) is 3. The maximum atomic E-state index is 12.4. The lowest BCUT2D eigenvalue weighted by molar-refractivity contribution is -0.136. The molecule has 3 N–H and O–H groups in total. The minimum Gasteiger partial charge on any atom is -0.351 e. The van der Waals surface area contributed by atoms with E-state index in [1.54, 1.807) is 0 Å². The van der Waals surface area contributed by atoms with Gasteiger partial charge in [-0.25, -0.2) is 4.79 Å². The number of piperidine rings is 1. The number of nitrogens with one attached hydrogen (secondary N) is 1. The summed E-state index contributed by atoms with van der Waals surface area (Å²) in [7, 11) is 0. The van der Waals surface area contributed by atoms with Crippen molar-refractivity contribution in [3.63, 3.8) is 0 Å². The van der Waals surface area contributed by atoms with Crippen LogP contribution in [0.15, 0.2) is 0 Å². The molecule has 0 aromatic carbocycles. The van der Waals surface area contributed by atoms with Crippen molar-refractivity contribution in [1.82, 2.24) is 20.0 Å². The smallest absolute Gasteiger partial charge is 0.318 e. The molecule has 8 heteroatoms. The van der Waals surface area contributed by atoms with Gasteiger partial charge in [0.2, 0.25) is 11.8 Å². The highest BCUT2D eigenvalue weighted by atomic mass is 16.2. The fourth-order valence-corrected chi connectivity index (χ4v) is 3.38. The topological polar surface area (TPSA) is 99.0 Å². The molecule has 2 rings (SSSR count). The Labute approximate surface area is 143 Å². The van der Waals surface area contributed by atoms with Crippen LogP contribution in [-0.4, -0.2) is 84.4 Å². The number of imide groups is 1. The van der Waals surface area contributed by atoms with Gasteiger partial charge in [-0.1, -0.05) is 0 Å². The third kappa shape index (κ3) is 5.76. The Morgan fingerprint density at radius 2 is 1.71 bits per heavy atom. The zero-order valence-electron chi connectivity index (χ0n) is 14.5. The quantitative estimate of drug-likeness (QED) is 0.709. The molecular weight excluding hydrogens is 310 g/mol. The van der Waals surface area contributed by atoms with Crippen molar-refractivity contribution >= 4 is 17.8 Å². The lowest BCUT2D eigenvalue weighted by Gasteiger charge is -2.38. The maximum Gasteiger partial charge on any atom is 0.318 e. The summed E-state index contributed by atoms with van der Waals surface area (Å²) >= 11 is 0. The number of carbonyl (C=O) groups excluding carboxylic acids is 3. The molecule has 0 saturated carbocycles. The van der Waals surface area contributed by atoms with E-state index in [2.05, 4.69) is 22.0 Å². The molecule has 2 heterocycles. The molecule has 24 heavy (non-hydrogen) atoms. The molecule has 1 unspecified atom stereocenters. The first-order valence-electron chi connectivity index (χ1n) is 8.79. The van der Waals surface area contributed by atoms with E-state index in [9.17, 15) is 14.4 Å². The Morgan fingerprint density at radius 3 is 2.33 bits per heavy atom. The van der Waals surface area contributed by atoms with Crippen LogP contribution in [0.3, 0.4) is 0 Å². The van der Waals surface area contributed by atoms with Crippen LogP contribution in [-0.2, 0) is 9.59 Å². The van der Waals surface area contributed by atoms with Crippen LogP contribution in [0.25, 0.3) is 0 Å². The summed E-state index contributed by atoms with van der Waals surface area (Å²) in [4.78, 5) is 40.8. The Hall–Kier alpha value is -1.67. The van der Waals surface area contributed by atoms with E-state index >= 15 is 0 Å². The standard InChI is InChI=1S/C16H29N5O3/c1-13-4-2-3-6-21(13)15(23)12-20-10-8-19(9-11-20)7-5-14(22)18-16(17)24/h13H,2-12H2,1H3,(H3,17,18,22,24). The summed E-state index contributed by atoms with van der Waals surface area (Å²) in [5, 5.41) is 2.07. The minimum absolute atomic E-state index is 0.233. The molecule has 2 aliphatic heterocycles. The first kappa shape index (κ1) is 18.7. The van der Waals surface area contributed by atoms with Crippen LogP contribution < -0.4 is 11.1 Å². The summed E-state index contributed by atoms with van der Waals surface area (Å²) in [6.07, 6.45) is 3.68. The van der Waals surface area contributed by atoms with E-state index in [0.29, 0.717) is 19.1 Å². The molecule has 0 aliphatic carbocycles. The lowest BCUT2D eigenvalue weighted by Crippen LogP contribution is -2.52. The second kappa shape index (κ2) is 8.98. The van der Waals surface area contributed by atoms with E-state index < -0.39 is 6.03 Å². The van der Waals surface area contributed by atoms with E-state index in [1.165, 1.54) is 6.42 Å². The molecule has 0 spiro atoms. The van der Waals surface area contributed by atoms with Gasteiger partial charge >= 0.3 is 6.03 Å². The third-order valence-corrected chi connectivity index (χ3v) is 4.86. The second-order valence-electron chi connectivity index (χ2n) is 6.71.